The second kappa shape index (κ2) is 7.92. The lowest BCUT2D eigenvalue weighted by Crippen LogP contribution is -2.19. The molecule has 0 saturated carbocycles. The molecule has 2 heterocycles. The molecule has 10 heteroatoms. The maximum atomic E-state index is 14.7. The minimum Gasteiger partial charge on any atom is -0.484 e. The topological polar surface area (TPSA) is 95.9 Å². The lowest BCUT2D eigenvalue weighted by Gasteiger charge is -2.18. The predicted molar refractivity (Wildman–Crippen MR) is 113 cm³/mol. The van der Waals surface area contributed by atoms with Crippen LogP contribution in [-0.4, -0.2) is 19.5 Å². The Bertz CT molecular complexity index is 1380. The first-order chi connectivity index (χ1) is 14.8. The zero-order valence-electron chi connectivity index (χ0n) is 16.4. The van der Waals surface area contributed by atoms with E-state index >= 15 is 0 Å². The number of halogens is 3. The van der Waals surface area contributed by atoms with E-state index in [0.29, 0.717) is 27.9 Å². The second-order valence-electron chi connectivity index (χ2n) is 6.84. The smallest absolute Gasteiger partial charge is 0.268 e. The van der Waals surface area contributed by atoms with Gasteiger partial charge in [-0.2, -0.15) is 0 Å². The molecule has 2 aromatic heterocycles. The van der Waals surface area contributed by atoms with Gasteiger partial charge in [-0.3, -0.25) is 9.78 Å². The van der Waals surface area contributed by atoms with Gasteiger partial charge in [0, 0.05) is 24.4 Å². The molecule has 4 aromatic rings. The number of hydrogen-bond acceptors (Lipinski definition) is 6. The van der Waals surface area contributed by atoms with Gasteiger partial charge in [-0.05, 0) is 31.2 Å². The zero-order chi connectivity index (χ0) is 22.3. The van der Waals surface area contributed by atoms with Crippen molar-refractivity contribution in [2.75, 3.05) is 5.73 Å². The molecule has 0 bridgehead atoms. The number of ether oxygens (including phenoxy) is 1. The molecule has 0 radical (unpaired) electrons. The highest BCUT2D eigenvalue weighted by Crippen LogP contribution is 2.39. The van der Waals surface area contributed by atoms with E-state index in [1.165, 1.54) is 23.2 Å². The van der Waals surface area contributed by atoms with Crippen molar-refractivity contribution in [2.45, 2.75) is 13.0 Å². The Morgan fingerprint density at radius 2 is 1.87 bits per heavy atom. The van der Waals surface area contributed by atoms with Crippen molar-refractivity contribution in [3.8, 4) is 16.9 Å². The number of benzene rings is 2. The standard InChI is InChI=1S/C21H16ClF2N5O2/c1-10(14-8-29(2)16(30)7-26-14)31-15-6-4-12(20-17(15)21(25)28-9-27-20)11-3-5-13(23)18(22)19(11)24/h3-10H,1-2H3,(H2,25,27,28)/t10-/m0/s1. The van der Waals surface area contributed by atoms with Crippen LogP contribution in [0.15, 0.2) is 47.8 Å². The highest BCUT2D eigenvalue weighted by atomic mass is 35.5. The molecule has 158 valence electrons. The monoisotopic (exact) mass is 443 g/mol. The number of fused-ring (bicyclic) bond motifs is 1. The summed E-state index contributed by atoms with van der Waals surface area (Å²) in [5.74, 6) is -1.30. The Kier molecular flexibility index (Phi) is 5.28. The molecule has 2 aromatic carbocycles. The molecule has 0 amide bonds. The van der Waals surface area contributed by atoms with E-state index in [4.69, 9.17) is 22.1 Å². The number of anilines is 1. The van der Waals surface area contributed by atoms with E-state index in [2.05, 4.69) is 15.0 Å². The van der Waals surface area contributed by atoms with E-state index < -0.39 is 22.8 Å². The van der Waals surface area contributed by atoms with Crippen LogP contribution in [0.25, 0.3) is 22.0 Å². The predicted octanol–water partition coefficient (Wildman–Crippen LogP) is 4.04. The van der Waals surface area contributed by atoms with Crippen LogP contribution in [-0.2, 0) is 7.05 Å². The van der Waals surface area contributed by atoms with Crippen LogP contribution in [0, 0.1) is 11.6 Å². The first-order valence-electron chi connectivity index (χ1n) is 9.14. The number of aryl methyl sites for hydroxylation is 1. The molecule has 0 unspecified atom stereocenters. The second-order valence-corrected chi connectivity index (χ2v) is 7.22. The fourth-order valence-corrected chi connectivity index (χ4v) is 3.36. The molecule has 0 aliphatic carbocycles. The number of aromatic nitrogens is 4. The number of nitrogens with zero attached hydrogens (tertiary/aromatic N) is 4. The zero-order valence-corrected chi connectivity index (χ0v) is 17.2. The minimum atomic E-state index is -0.906. The molecule has 4 rings (SSSR count). The summed E-state index contributed by atoms with van der Waals surface area (Å²) in [6.07, 6.45) is 3.47. The summed E-state index contributed by atoms with van der Waals surface area (Å²) < 4.78 is 35.7. The maximum absolute atomic E-state index is 14.7. The number of rotatable bonds is 4. The largest absolute Gasteiger partial charge is 0.484 e. The molecule has 0 spiro atoms. The van der Waals surface area contributed by atoms with Gasteiger partial charge in [0.1, 0.15) is 34.8 Å². The third-order valence-corrected chi connectivity index (χ3v) is 5.17. The van der Waals surface area contributed by atoms with Gasteiger partial charge in [0.2, 0.25) is 0 Å². The van der Waals surface area contributed by atoms with E-state index in [1.54, 1.807) is 32.3 Å². The normalized spacial score (nSPS) is 12.2. The van der Waals surface area contributed by atoms with Crippen LogP contribution < -0.4 is 16.0 Å². The Morgan fingerprint density at radius 3 is 2.61 bits per heavy atom. The van der Waals surface area contributed by atoms with Gasteiger partial charge in [-0.25, -0.2) is 18.7 Å². The Morgan fingerprint density at radius 1 is 1.13 bits per heavy atom. The summed E-state index contributed by atoms with van der Waals surface area (Å²) >= 11 is 5.74. The first kappa shape index (κ1) is 20.7. The van der Waals surface area contributed by atoms with Crippen LogP contribution >= 0.6 is 11.6 Å². The molecule has 2 N–H and O–H groups in total. The third-order valence-electron chi connectivity index (χ3n) is 4.82. The van der Waals surface area contributed by atoms with Gasteiger partial charge in [0.05, 0.1) is 22.8 Å². The Labute approximate surface area is 180 Å². The first-order valence-corrected chi connectivity index (χ1v) is 9.52. The highest BCUT2D eigenvalue weighted by molar-refractivity contribution is 6.31. The Hall–Kier alpha value is -3.59. The average molecular weight is 444 g/mol. The van der Waals surface area contributed by atoms with E-state index in [1.807, 2.05) is 0 Å². The van der Waals surface area contributed by atoms with Crippen molar-refractivity contribution in [2.24, 2.45) is 7.05 Å². The van der Waals surface area contributed by atoms with Crippen LogP contribution in [0.2, 0.25) is 5.02 Å². The summed E-state index contributed by atoms with van der Waals surface area (Å²) in [4.78, 5) is 23.9. The molecule has 0 aliphatic heterocycles. The molecule has 0 fully saturated rings. The number of nitrogens with two attached hydrogens (primary N) is 1. The number of hydrogen-bond donors (Lipinski definition) is 1. The van der Waals surface area contributed by atoms with Gasteiger partial charge in [-0.15, -0.1) is 0 Å². The van der Waals surface area contributed by atoms with Crippen molar-refractivity contribution in [3.05, 3.63) is 75.7 Å². The molecule has 31 heavy (non-hydrogen) atoms. The van der Waals surface area contributed by atoms with E-state index in [9.17, 15) is 13.6 Å². The summed E-state index contributed by atoms with van der Waals surface area (Å²) in [5.41, 5.74) is 7.08. The van der Waals surface area contributed by atoms with Crippen LogP contribution in [0.4, 0.5) is 14.6 Å². The Balaban J connectivity index is 1.84. The average Bonchev–Trinajstić information content (AvgIpc) is 2.75. The summed E-state index contributed by atoms with van der Waals surface area (Å²) in [7, 11) is 1.61. The summed E-state index contributed by atoms with van der Waals surface area (Å²) in [6.45, 7) is 1.76. The van der Waals surface area contributed by atoms with Crippen LogP contribution in [0.3, 0.4) is 0 Å². The molecule has 7 nitrogen and oxygen atoms in total. The molecular formula is C21H16ClF2N5O2. The van der Waals surface area contributed by atoms with Crippen LogP contribution in [0.1, 0.15) is 18.7 Å². The number of nitrogen functional groups attached to an aromatic ring is 1. The van der Waals surface area contributed by atoms with Gasteiger partial charge in [-0.1, -0.05) is 11.6 Å². The SMILES string of the molecule is C[C@H](Oc1ccc(-c2ccc(F)c(Cl)c2F)c2ncnc(N)c12)c1cn(C)c(=O)cn1. The van der Waals surface area contributed by atoms with Crippen molar-refractivity contribution in [1.29, 1.82) is 0 Å². The van der Waals surface area contributed by atoms with Gasteiger partial charge >= 0.3 is 0 Å². The van der Waals surface area contributed by atoms with Crippen molar-refractivity contribution in [3.63, 3.8) is 0 Å². The molecule has 1 atom stereocenters. The molecule has 0 saturated heterocycles. The summed E-state index contributed by atoms with van der Waals surface area (Å²) in [6, 6.07) is 5.53. The van der Waals surface area contributed by atoms with Crippen molar-refractivity contribution in [1.82, 2.24) is 19.5 Å². The van der Waals surface area contributed by atoms with E-state index in [0.717, 1.165) is 6.07 Å². The van der Waals surface area contributed by atoms with Crippen LogP contribution in [0.5, 0.6) is 5.75 Å². The lowest BCUT2D eigenvalue weighted by molar-refractivity contribution is 0.223. The molecular weight excluding hydrogens is 428 g/mol. The lowest BCUT2D eigenvalue weighted by atomic mass is 10.0. The third kappa shape index (κ3) is 3.68. The molecule has 0 aliphatic rings. The van der Waals surface area contributed by atoms with Gasteiger partial charge in [0.15, 0.2) is 5.82 Å². The van der Waals surface area contributed by atoms with Crippen molar-refractivity contribution < 1.29 is 13.5 Å². The quantitative estimate of drug-likeness (QED) is 0.478. The fourth-order valence-electron chi connectivity index (χ4n) is 3.19. The minimum absolute atomic E-state index is 0.0637. The van der Waals surface area contributed by atoms with E-state index in [-0.39, 0.29) is 16.9 Å². The highest BCUT2D eigenvalue weighted by Gasteiger charge is 2.20. The van der Waals surface area contributed by atoms with Crippen molar-refractivity contribution >= 4 is 28.3 Å². The fraction of sp³-hybridized carbons (Fsp3) is 0.143. The summed E-state index contributed by atoms with van der Waals surface area (Å²) in [5, 5.41) is -0.251. The van der Waals surface area contributed by atoms with Gasteiger partial charge in [0.25, 0.3) is 5.56 Å². The maximum Gasteiger partial charge on any atom is 0.268 e. The van der Waals surface area contributed by atoms with Gasteiger partial charge < -0.3 is 15.0 Å².